The second-order valence-corrected chi connectivity index (χ2v) is 7.59. The molecule has 0 unspecified atom stereocenters. The van der Waals surface area contributed by atoms with Crippen LogP contribution in [0.3, 0.4) is 0 Å². The Bertz CT molecular complexity index is 568. The fourth-order valence-electron chi connectivity index (χ4n) is 2.28. The van der Waals surface area contributed by atoms with E-state index in [4.69, 9.17) is 5.73 Å². The lowest BCUT2D eigenvalue weighted by Crippen LogP contribution is -2.40. The van der Waals surface area contributed by atoms with Crippen LogP contribution in [-0.2, 0) is 10.0 Å². The maximum atomic E-state index is 12.1. The maximum absolute atomic E-state index is 12.1. The van der Waals surface area contributed by atoms with Crippen LogP contribution in [0.25, 0.3) is 0 Å². The Morgan fingerprint density at radius 1 is 1.37 bits per heavy atom. The average Bonchev–Trinajstić information content (AvgIpc) is 2.74. The van der Waals surface area contributed by atoms with Gasteiger partial charge in [-0.3, -0.25) is 0 Å². The van der Waals surface area contributed by atoms with Crippen molar-refractivity contribution in [2.75, 3.05) is 12.3 Å². The zero-order valence-corrected chi connectivity index (χ0v) is 12.8. The number of hydrogen-bond acceptors (Lipinski definition) is 4. The molecule has 4 N–H and O–H groups in total. The highest BCUT2D eigenvalue weighted by molar-refractivity contribution is 9.10. The number of halogens is 1. The van der Waals surface area contributed by atoms with Crippen LogP contribution in [-0.4, -0.2) is 25.7 Å². The molecule has 7 heteroatoms. The first-order valence-corrected chi connectivity index (χ1v) is 8.37. The SMILES string of the molecule is Nc1cc(Br)ccc1S(=O)(=O)NCC1(O)CCCC1. The Morgan fingerprint density at radius 2 is 2.00 bits per heavy atom. The zero-order valence-electron chi connectivity index (χ0n) is 10.4. The second-order valence-electron chi connectivity index (χ2n) is 4.94. The standard InChI is InChI=1S/C12H17BrN2O3S/c13-9-3-4-11(10(14)7-9)19(17,18)15-8-12(16)5-1-2-6-12/h3-4,7,15-16H,1-2,5-6,8,14H2. The molecule has 19 heavy (non-hydrogen) atoms. The van der Waals surface area contributed by atoms with Crippen molar-refractivity contribution in [1.29, 1.82) is 0 Å². The summed E-state index contributed by atoms with van der Waals surface area (Å²) < 4.78 is 27.5. The van der Waals surface area contributed by atoms with E-state index in [1.165, 1.54) is 6.07 Å². The molecule has 2 rings (SSSR count). The first-order valence-electron chi connectivity index (χ1n) is 6.10. The quantitative estimate of drug-likeness (QED) is 0.720. The minimum atomic E-state index is -3.69. The predicted molar refractivity (Wildman–Crippen MR) is 77.2 cm³/mol. The fraction of sp³-hybridized carbons (Fsp3) is 0.500. The number of sulfonamides is 1. The van der Waals surface area contributed by atoms with Gasteiger partial charge in [0.25, 0.3) is 0 Å². The van der Waals surface area contributed by atoms with Gasteiger partial charge in [-0.2, -0.15) is 0 Å². The summed E-state index contributed by atoms with van der Waals surface area (Å²) in [6.45, 7) is 0.0326. The first kappa shape index (κ1) is 14.8. The van der Waals surface area contributed by atoms with Crippen LogP contribution in [0.2, 0.25) is 0 Å². The third-order valence-corrected chi connectivity index (χ3v) is 5.36. The van der Waals surface area contributed by atoms with E-state index in [0.717, 1.165) is 17.3 Å². The van der Waals surface area contributed by atoms with Crippen molar-refractivity contribution in [3.05, 3.63) is 22.7 Å². The molecule has 0 aliphatic heterocycles. The summed E-state index contributed by atoms with van der Waals surface area (Å²) in [6, 6.07) is 4.61. The van der Waals surface area contributed by atoms with Gasteiger partial charge in [0.1, 0.15) is 4.90 Å². The second kappa shape index (κ2) is 5.40. The van der Waals surface area contributed by atoms with Gasteiger partial charge >= 0.3 is 0 Å². The molecule has 106 valence electrons. The Morgan fingerprint density at radius 3 is 2.58 bits per heavy atom. The van der Waals surface area contributed by atoms with Gasteiger partial charge in [0, 0.05) is 11.0 Å². The molecule has 0 bridgehead atoms. The van der Waals surface area contributed by atoms with E-state index in [2.05, 4.69) is 20.7 Å². The molecule has 1 aromatic rings. The molecule has 1 aliphatic carbocycles. The van der Waals surface area contributed by atoms with E-state index < -0.39 is 15.6 Å². The van der Waals surface area contributed by atoms with Crippen molar-refractivity contribution in [3.8, 4) is 0 Å². The van der Waals surface area contributed by atoms with Crippen molar-refractivity contribution in [3.63, 3.8) is 0 Å². The van der Waals surface area contributed by atoms with Crippen molar-refractivity contribution in [2.24, 2.45) is 0 Å². The molecular formula is C12H17BrN2O3S. The van der Waals surface area contributed by atoms with E-state index in [9.17, 15) is 13.5 Å². The minimum Gasteiger partial charge on any atom is -0.398 e. The summed E-state index contributed by atoms with van der Waals surface area (Å²) in [7, 11) is -3.69. The lowest BCUT2D eigenvalue weighted by Gasteiger charge is -2.22. The normalized spacial score (nSPS) is 18.6. The Labute approximate surface area is 121 Å². The van der Waals surface area contributed by atoms with Crippen LogP contribution in [0.1, 0.15) is 25.7 Å². The van der Waals surface area contributed by atoms with Crippen LogP contribution in [0, 0.1) is 0 Å². The molecule has 0 heterocycles. The van der Waals surface area contributed by atoms with E-state index in [1.807, 2.05) is 0 Å². The van der Waals surface area contributed by atoms with Crippen molar-refractivity contribution in [1.82, 2.24) is 4.72 Å². The van der Waals surface area contributed by atoms with Gasteiger partial charge in [0.2, 0.25) is 10.0 Å². The Balaban J connectivity index is 2.14. The highest BCUT2D eigenvalue weighted by Gasteiger charge is 2.32. The third kappa shape index (κ3) is 3.47. The molecule has 1 saturated carbocycles. The molecular weight excluding hydrogens is 332 g/mol. The summed E-state index contributed by atoms with van der Waals surface area (Å²) in [5.41, 5.74) is 4.97. The number of aliphatic hydroxyl groups is 1. The molecule has 0 atom stereocenters. The van der Waals surface area contributed by atoms with Gasteiger partial charge in [-0.1, -0.05) is 28.8 Å². The lowest BCUT2D eigenvalue weighted by atomic mass is 10.0. The molecule has 1 aromatic carbocycles. The number of anilines is 1. The highest BCUT2D eigenvalue weighted by atomic mass is 79.9. The lowest BCUT2D eigenvalue weighted by molar-refractivity contribution is 0.0532. The molecule has 5 nitrogen and oxygen atoms in total. The van der Waals surface area contributed by atoms with E-state index in [0.29, 0.717) is 12.8 Å². The molecule has 0 amide bonds. The zero-order chi connectivity index (χ0) is 14.1. The molecule has 0 radical (unpaired) electrons. The van der Waals surface area contributed by atoms with Gasteiger partial charge in [0.05, 0.1) is 11.3 Å². The predicted octanol–water partition coefficient (Wildman–Crippen LogP) is 1.61. The van der Waals surface area contributed by atoms with Crippen molar-refractivity contribution in [2.45, 2.75) is 36.2 Å². The topological polar surface area (TPSA) is 92.4 Å². The third-order valence-electron chi connectivity index (χ3n) is 3.39. The van der Waals surface area contributed by atoms with Gasteiger partial charge in [-0.05, 0) is 31.0 Å². The minimum absolute atomic E-state index is 0.0326. The largest absolute Gasteiger partial charge is 0.398 e. The van der Waals surface area contributed by atoms with E-state index in [1.54, 1.807) is 12.1 Å². The van der Waals surface area contributed by atoms with Crippen LogP contribution in [0.4, 0.5) is 5.69 Å². The average molecular weight is 349 g/mol. The number of hydrogen-bond donors (Lipinski definition) is 3. The van der Waals surface area contributed by atoms with Crippen LogP contribution in [0.5, 0.6) is 0 Å². The van der Waals surface area contributed by atoms with E-state index in [-0.39, 0.29) is 17.1 Å². The van der Waals surface area contributed by atoms with Crippen LogP contribution in [0.15, 0.2) is 27.6 Å². The highest BCUT2D eigenvalue weighted by Crippen LogP contribution is 2.29. The number of nitrogens with one attached hydrogen (secondary N) is 1. The Hall–Kier alpha value is -0.630. The maximum Gasteiger partial charge on any atom is 0.242 e. The van der Waals surface area contributed by atoms with Gasteiger partial charge < -0.3 is 10.8 Å². The summed E-state index contributed by atoms with van der Waals surface area (Å²) in [5.74, 6) is 0. The molecule has 1 aliphatic rings. The summed E-state index contributed by atoms with van der Waals surface area (Å²) >= 11 is 3.23. The molecule has 0 spiro atoms. The molecule has 0 aromatic heterocycles. The summed E-state index contributed by atoms with van der Waals surface area (Å²) in [6.07, 6.45) is 3.12. The van der Waals surface area contributed by atoms with Crippen LogP contribution < -0.4 is 10.5 Å². The monoisotopic (exact) mass is 348 g/mol. The summed E-state index contributed by atoms with van der Waals surface area (Å²) in [4.78, 5) is 0.0392. The van der Waals surface area contributed by atoms with E-state index >= 15 is 0 Å². The van der Waals surface area contributed by atoms with Crippen LogP contribution >= 0.6 is 15.9 Å². The fourth-order valence-corrected chi connectivity index (χ4v) is 3.89. The number of rotatable bonds is 4. The van der Waals surface area contributed by atoms with Gasteiger partial charge in [-0.15, -0.1) is 0 Å². The number of benzene rings is 1. The summed E-state index contributed by atoms with van der Waals surface area (Å²) in [5, 5.41) is 10.1. The first-order chi connectivity index (χ1) is 8.82. The number of nitrogens with two attached hydrogens (primary N) is 1. The van der Waals surface area contributed by atoms with Crippen molar-refractivity contribution < 1.29 is 13.5 Å². The van der Waals surface area contributed by atoms with Crippen molar-refractivity contribution >= 4 is 31.6 Å². The Kier molecular flexibility index (Phi) is 4.20. The number of nitrogen functional groups attached to an aromatic ring is 1. The molecule has 1 fully saturated rings. The van der Waals surface area contributed by atoms with Gasteiger partial charge in [0.15, 0.2) is 0 Å². The smallest absolute Gasteiger partial charge is 0.242 e. The van der Waals surface area contributed by atoms with Gasteiger partial charge in [-0.25, -0.2) is 13.1 Å². The molecule has 0 saturated heterocycles.